The average molecular weight is 367 g/mol. The lowest BCUT2D eigenvalue weighted by Gasteiger charge is -2.26. The lowest BCUT2D eigenvalue weighted by molar-refractivity contribution is 0.298. The standard InChI is InChI=1S/C22H30N4O/c1-5-15-27-21-14-10-9-13-19(21)16-24-22(23-2)25-17-20(26(3)4)18-11-7-6-8-12-18/h5-14,20H,1,15-17H2,2-4H3,(H2,23,24,25). The second-order valence-electron chi connectivity index (χ2n) is 6.40. The molecular formula is C22H30N4O. The lowest BCUT2D eigenvalue weighted by Crippen LogP contribution is -2.41. The van der Waals surface area contributed by atoms with Gasteiger partial charge in [0.05, 0.1) is 6.04 Å². The molecule has 0 heterocycles. The molecule has 27 heavy (non-hydrogen) atoms. The maximum absolute atomic E-state index is 5.71. The summed E-state index contributed by atoms with van der Waals surface area (Å²) in [5.74, 6) is 1.62. The van der Waals surface area contributed by atoms with Crippen LogP contribution in [0.15, 0.2) is 72.2 Å². The fraction of sp³-hybridized carbons (Fsp3) is 0.318. The molecule has 2 aromatic rings. The van der Waals surface area contributed by atoms with Crippen LogP contribution >= 0.6 is 0 Å². The number of aliphatic imine (C=N–C) groups is 1. The van der Waals surface area contributed by atoms with E-state index in [2.05, 4.69) is 65.5 Å². The van der Waals surface area contributed by atoms with Crippen molar-refractivity contribution in [2.24, 2.45) is 4.99 Å². The number of nitrogens with zero attached hydrogens (tertiary/aromatic N) is 2. The van der Waals surface area contributed by atoms with Crippen LogP contribution in [-0.2, 0) is 6.54 Å². The summed E-state index contributed by atoms with van der Waals surface area (Å²) in [7, 11) is 5.95. The van der Waals surface area contributed by atoms with Gasteiger partial charge < -0.3 is 20.3 Å². The number of nitrogens with one attached hydrogen (secondary N) is 2. The molecule has 5 heteroatoms. The molecule has 5 nitrogen and oxygen atoms in total. The smallest absolute Gasteiger partial charge is 0.191 e. The molecule has 0 fully saturated rings. The molecule has 0 aliphatic rings. The van der Waals surface area contributed by atoms with Crippen molar-refractivity contribution >= 4 is 5.96 Å². The highest BCUT2D eigenvalue weighted by atomic mass is 16.5. The SMILES string of the molecule is C=CCOc1ccccc1CNC(=NC)NCC(c1ccccc1)N(C)C. The molecule has 2 rings (SSSR count). The maximum atomic E-state index is 5.71. The largest absolute Gasteiger partial charge is 0.489 e. The van der Waals surface area contributed by atoms with Crippen LogP contribution in [0, 0.1) is 0 Å². The van der Waals surface area contributed by atoms with Gasteiger partial charge in [-0.2, -0.15) is 0 Å². The number of para-hydroxylation sites is 1. The first kappa shape index (κ1) is 20.5. The van der Waals surface area contributed by atoms with Crippen LogP contribution in [0.5, 0.6) is 5.75 Å². The molecule has 0 amide bonds. The van der Waals surface area contributed by atoms with E-state index in [1.165, 1.54) is 5.56 Å². The van der Waals surface area contributed by atoms with Gasteiger partial charge in [-0.05, 0) is 25.7 Å². The molecule has 0 saturated heterocycles. The van der Waals surface area contributed by atoms with E-state index < -0.39 is 0 Å². The number of hydrogen-bond acceptors (Lipinski definition) is 3. The Kier molecular flexibility index (Phi) is 8.39. The fourth-order valence-electron chi connectivity index (χ4n) is 2.81. The van der Waals surface area contributed by atoms with Gasteiger partial charge in [0.1, 0.15) is 12.4 Å². The molecule has 0 aliphatic carbocycles. The van der Waals surface area contributed by atoms with E-state index in [-0.39, 0.29) is 6.04 Å². The number of guanidine groups is 1. The Labute approximate surface area is 162 Å². The minimum absolute atomic E-state index is 0.257. The number of rotatable bonds is 9. The van der Waals surface area contributed by atoms with Crippen molar-refractivity contribution in [3.8, 4) is 5.75 Å². The van der Waals surface area contributed by atoms with Crippen molar-refractivity contribution in [2.45, 2.75) is 12.6 Å². The summed E-state index contributed by atoms with van der Waals surface area (Å²) in [6, 6.07) is 18.7. The predicted molar refractivity (Wildman–Crippen MR) is 113 cm³/mol. The second kappa shape index (κ2) is 11.0. The van der Waals surface area contributed by atoms with Crippen LogP contribution in [0.1, 0.15) is 17.2 Å². The normalized spacial score (nSPS) is 12.5. The molecule has 1 unspecified atom stereocenters. The third kappa shape index (κ3) is 6.46. The van der Waals surface area contributed by atoms with Gasteiger partial charge in [-0.15, -0.1) is 0 Å². The Hall–Kier alpha value is -2.79. The van der Waals surface area contributed by atoms with E-state index in [1.807, 2.05) is 30.3 Å². The first-order valence-electron chi connectivity index (χ1n) is 9.13. The van der Waals surface area contributed by atoms with Crippen LogP contribution in [-0.4, -0.2) is 45.2 Å². The molecule has 0 radical (unpaired) electrons. The molecule has 1 atom stereocenters. The minimum atomic E-state index is 0.257. The topological polar surface area (TPSA) is 48.9 Å². The summed E-state index contributed by atoms with van der Waals surface area (Å²) in [5.41, 5.74) is 2.35. The third-order valence-corrected chi connectivity index (χ3v) is 4.27. The van der Waals surface area contributed by atoms with Gasteiger partial charge in [0.25, 0.3) is 0 Å². The van der Waals surface area contributed by atoms with Crippen molar-refractivity contribution in [3.63, 3.8) is 0 Å². The number of ether oxygens (including phenoxy) is 1. The average Bonchev–Trinajstić information content (AvgIpc) is 2.70. The zero-order chi connectivity index (χ0) is 19.5. The van der Waals surface area contributed by atoms with Gasteiger partial charge >= 0.3 is 0 Å². The van der Waals surface area contributed by atoms with Crippen LogP contribution in [0.3, 0.4) is 0 Å². The molecule has 2 N–H and O–H groups in total. The summed E-state index contributed by atoms with van der Waals surface area (Å²) in [6.07, 6.45) is 1.75. The Morgan fingerprint density at radius 3 is 2.48 bits per heavy atom. The van der Waals surface area contributed by atoms with Crippen molar-refractivity contribution in [1.29, 1.82) is 0 Å². The molecule has 0 aliphatic heterocycles. The zero-order valence-electron chi connectivity index (χ0n) is 16.5. The van der Waals surface area contributed by atoms with E-state index >= 15 is 0 Å². The summed E-state index contributed by atoms with van der Waals surface area (Å²) >= 11 is 0. The summed E-state index contributed by atoms with van der Waals surface area (Å²) in [5, 5.41) is 6.79. The quantitative estimate of drug-likeness (QED) is 0.406. The van der Waals surface area contributed by atoms with Crippen LogP contribution in [0.25, 0.3) is 0 Å². The minimum Gasteiger partial charge on any atom is -0.489 e. The van der Waals surface area contributed by atoms with Crippen molar-refractivity contribution in [1.82, 2.24) is 15.5 Å². The lowest BCUT2D eigenvalue weighted by atomic mass is 10.1. The Morgan fingerprint density at radius 2 is 1.81 bits per heavy atom. The second-order valence-corrected chi connectivity index (χ2v) is 6.40. The summed E-state index contributed by atoms with van der Waals surface area (Å²) in [6.45, 7) is 5.58. The van der Waals surface area contributed by atoms with Crippen molar-refractivity contribution < 1.29 is 4.74 Å². The van der Waals surface area contributed by atoms with Crippen LogP contribution in [0.4, 0.5) is 0 Å². The van der Waals surface area contributed by atoms with E-state index in [0.717, 1.165) is 23.8 Å². The number of likely N-dealkylation sites (N-methyl/N-ethyl adjacent to an activating group) is 1. The summed E-state index contributed by atoms with van der Waals surface area (Å²) < 4.78 is 5.71. The zero-order valence-corrected chi connectivity index (χ0v) is 16.5. The first-order chi connectivity index (χ1) is 13.2. The monoisotopic (exact) mass is 366 g/mol. The highest BCUT2D eigenvalue weighted by Gasteiger charge is 2.14. The van der Waals surface area contributed by atoms with E-state index in [9.17, 15) is 0 Å². The molecule has 0 spiro atoms. The van der Waals surface area contributed by atoms with Crippen LogP contribution < -0.4 is 15.4 Å². The highest BCUT2D eigenvalue weighted by Crippen LogP contribution is 2.18. The van der Waals surface area contributed by atoms with Crippen LogP contribution in [0.2, 0.25) is 0 Å². The highest BCUT2D eigenvalue weighted by molar-refractivity contribution is 5.79. The Bertz CT molecular complexity index is 728. The van der Waals surface area contributed by atoms with Crippen molar-refractivity contribution in [3.05, 3.63) is 78.4 Å². The Balaban J connectivity index is 1.95. The first-order valence-corrected chi connectivity index (χ1v) is 9.13. The Morgan fingerprint density at radius 1 is 1.11 bits per heavy atom. The van der Waals surface area contributed by atoms with Crippen molar-refractivity contribution in [2.75, 3.05) is 34.3 Å². The van der Waals surface area contributed by atoms with E-state index in [0.29, 0.717) is 13.2 Å². The molecule has 0 saturated carbocycles. The molecular weight excluding hydrogens is 336 g/mol. The molecule has 144 valence electrons. The fourth-order valence-corrected chi connectivity index (χ4v) is 2.81. The predicted octanol–water partition coefficient (Wildman–Crippen LogP) is 3.22. The maximum Gasteiger partial charge on any atom is 0.191 e. The van der Waals surface area contributed by atoms with Gasteiger partial charge in [-0.3, -0.25) is 4.99 Å². The van der Waals surface area contributed by atoms with Gasteiger partial charge in [0.2, 0.25) is 0 Å². The van der Waals surface area contributed by atoms with Gasteiger partial charge in [0.15, 0.2) is 5.96 Å². The van der Waals surface area contributed by atoms with E-state index in [1.54, 1.807) is 13.1 Å². The van der Waals surface area contributed by atoms with Gasteiger partial charge in [0, 0.05) is 25.7 Å². The van der Waals surface area contributed by atoms with Gasteiger partial charge in [-0.1, -0.05) is 61.2 Å². The van der Waals surface area contributed by atoms with E-state index in [4.69, 9.17) is 4.74 Å². The molecule has 2 aromatic carbocycles. The third-order valence-electron chi connectivity index (χ3n) is 4.27. The summed E-state index contributed by atoms with van der Waals surface area (Å²) in [4.78, 5) is 6.54. The molecule has 0 bridgehead atoms. The molecule has 0 aromatic heterocycles. The number of hydrogen-bond donors (Lipinski definition) is 2. The number of benzene rings is 2. The van der Waals surface area contributed by atoms with Gasteiger partial charge in [-0.25, -0.2) is 0 Å².